The molecule has 3 aromatic carbocycles. The monoisotopic (exact) mass is 463 g/mol. The van der Waals surface area contributed by atoms with Crippen LogP contribution < -0.4 is 9.83 Å². The summed E-state index contributed by atoms with van der Waals surface area (Å²) in [6, 6.07) is 15.9. The Morgan fingerprint density at radius 3 is 2.45 bits per heavy atom. The van der Waals surface area contributed by atoms with Gasteiger partial charge in [-0.2, -0.15) is 0 Å². The molecule has 0 bridgehead atoms. The third-order valence-electron chi connectivity index (χ3n) is 5.50. The summed E-state index contributed by atoms with van der Waals surface area (Å²) in [5, 5.41) is 12.6. The highest BCUT2D eigenvalue weighted by molar-refractivity contribution is 7.89. The van der Waals surface area contributed by atoms with Gasteiger partial charge in [0.15, 0.2) is 5.58 Å². The molecule has 0 radical (unpaired) electrons. The summed E-state index contributed by atoms with van der Waals surface area (Å²) in [7, 11) is -4.09. The maximum Gasteiger partial charge on any atom is 0.241 e. The minimum Gasteiger partial charge on any atom is -0.548 e. The quantitative estimate of drug-likeness (QED) is 0.409. The second-order valence-electron chi connectivity index (χ2n) is 8.12. The number of carboxylic acids is 1. The molecule has 0 saturated carbocycles. The number of rotatable bonds is 6. The predicted octanol–water partition coefficient (Wildman–Crippen LogP) is 3.45. The predicted molar refractivity (Wildman–Crippen MR) is 121 cm³/mol. The second kappa shape index (κ2) is 7.72. The first-order valence-corrected chi connectivity index (χ1v) is 11.8. The molecule has 0 unspecified atom stereocenters. The fraction of sp³-hybridized carbons (Fsp3) is 0.167. The van der Waals surface area contributed by atoms with E-state index in [1.165, 1.54) is 12.1 Å². The minimum absolute atomic E-state index is 0.0624. The van der Waals surface area contributed by atoms with E-state index in [1.807, 2.05) is 36.4 Å². The van der Waals surface area contributed by atoms with Gasteiger partial charge in [-0.3, -0.25) is 0 Å². The van der Waals surface area contributed by atoms with Gasteiger partial charge in [0, 0.05) is 16.3 Å². The number of aliphatic carboxylic acids is 1. The molecular formula is C24H19N2O6S-. The molecule has 2 aromatic heterocycles. The van der Waals surface area contributed by atoms with Crippen molar-refractivity contribution in [3.63, 3.8) is 0 Å². The fourth-order valence-corrected chi connectivity index (χ4v) is 5.10. The molecule has 9 heteroatoms. The molecule has 8 nitrogen and oxygen atoms in total. The van der Waals surface area contributed by atoms with E-state index in [2.05, 4.69) is 9.71 Å². The Bertz CT molecular complexity index is 1600. The smallest absolute Gasteiger partial charge is 0.241 e. The first kappa shape index (κ1) is 21.2. The van der Waals surface area contributed by atoms with E-state index >= 15 is 0 Å². The molecule has 168 valence electrons. The average molecular weight is 463 g/mol. The SMILES string of the molecule is CC(C)[C@@H](NS(=O)(=O)c1ccc2oc3cc(-c4nc5ccccc5o4)ccc3c2c1)C(=O)[O-]. The lowest BCUT2D eigenvalue weighted by atomic mass is 10.1. The number of hydrogen-bond donors (Lipinski definition) is 1. The van der Waals surface area contributed by atoms with Crippen molar-refractivity contribution in [2.24, 2.45) is 5.92 Å². The van der Waals surface area contributed by atoms with Crippen molar-refractivity contribution in [3.05, 3.63) is 60.7 Å². The van der Waals surface area contributed by atoms with Crippen LogP contribution in [0.4, 0.5) is 0 Å². The van der Waals surface area contributed by atoms with Gasteiger partial charge in [-0.25, -0.2) is 18.1 Å². The van der Waals surface area contributed by atoms with Crippen LogP contribution in [0.25, 0.3) is 44.5 Å². The molecule has 33 heavy (non-hydrogen) atoms. The Hall–Kier alpha value is -3.69. The van der Waals surface area contributed by atoms with Crippen LogP contribution >= 0.6 is 0 Å². The Labute approximate surface area is 188 Å². The molecule has 5 rings (SSSR count). The zero-order valence-corrected chi connectivity index (χ0v) is 18.5. The summed E-state index contributed by atoms with van der Waals surface area (Å²) in [5.41, 5.74) is 3.19. The van der Waals surface area contributed by atoms with Crippen LogP contribution in [0.15, 0.2) is 74.4 Å². The van der Waals surface area contributed by atoms with Crippen LogP contribution in [0, 0.1) is 5.92 Å². The number of furan rings is 1. The minimum atomic E-state index is -4.09. The number of nitrogens with zero attached hydrogens (tertiary/aromatic N) is 1. The van der Waals surface area contributed by atoms with Gasteiger partial charge in [-0.15, -0.1) is 0 Å². The summed E-state index contributed by atoms with van der Waals surface area (Å²) >= 11 is 0. The lowest BCUT2D eigenvalue weighted by Crippen LogP contribution is -2.50. The highest BCUT2D eigenvalue weighted by atomic mass is 32.2. The third-order valence-corrected chi connectivity index (χ3v) is 6.94. The first-order valence-electron chi connectivity index (χ1n) is 10.3. The number of hydrogen-bond acceptors (Lipinski definition) is 7. The highest BCUT2D eigenvalue weighted by Gasteiger charge is 2.24. The topological polar surface area (TPSA) is 125 Å². The standard InChI is InChI=1S/C24H20N2O6S/c1-13(2)22(24(27)28)26-33(29,30)15-8-10-19-17(12-15)16-9-7-14(11-21(16)31-19)23-25-18-5-3-4-6-20(18)32-23/h3-13,22,26H,1-2H3,(H,27,28)/p-1/t22-/m1/s1. The number of nitrogens with one attached hydrogen (secondary N) is 1. The number of aromatic nitrogens is 1. The highest BCUT2D eigenvalue weighted by Crippen LogP contribution is 2.34. The maximum absolute atomic E-state index is 12.8. The van der Waals surface area contributed by atoms with Crippen molar-refractivity contribution < 1.29 is 27.2 Å². The van der Waals surface area contributed by atoms with Crippen LogP contribution in [-0.4, -0.2) is 25.4 Å². The first-order chi connectivity index (χ1) is 15.7. The number of oxazole rings is 1. The summed E-state index contributed by atoms with van der Waals surface area (Å²) in [6.45, 7) is 3.20. The molecular weight excluding hydrogens is 444 g/mol. The van der Waals surface area contributed by atoms with Crippen LogP contribution in [0.3, 0.4) is 0 Å². The van der Waals surface area contributed by atoms with Crippen molar-refractivity contribution in [3.8, 4) is 11.5 Å². The second-order valence-corrected chi connectivity index (χ2v) is 9.83. The molecule has 0 saturated heterocycles. The van der Waals surface area contributed by atoms with Crippen molar-refractivity contribution in [2.45, 2.75) is 24.8 Å². The molecule has 0 fully saturated rings. The molecule has 0 aliphatic heterocycles. The number of para-hydroxylation sites is 2. The molecule has 0 amide bonds. The lowest BCUT2D eigenvalue weighted by Gasteiger charge is -2.23. The van der Waals surface area contributed by atoms with Crippen LogP contribution in [0.2, 0.25) is 0 Å². The van der Waals surface area contributed by atoms with Gasteiger partial charge in [0.1, 0.15) is 16.7 Å². The van der Waals surface area contributed by atoms with E-state index < -0.39 is 28.0 Å². The van der Waals surface area contributed by atoms with Gasteiger partial charge >= 0.3 is 0 Å². The van der Waals surface area contributed by atoms with Gasteiger partial charge in [0.2, 0.25) is 15.9 Å². The molecule has 1 atom stereocenters. The zero-order valence-electron chi connectivity index (χ0n) is 17.7. The van der Waals surface area contributed by atoms with Crippen LogP contribution in [0.5, 0.6) is 0 Å². The van der Waals surface area contributed by atoms with Gasteiger partial charge in [-0.1, -0.05) is 26.0 Å². The Balaban J connectivity index is 1.55. The van der Waals surface area contributed by atoms with Gasteiger partial charge in [0.25, 0.3) is 0 Å². The maximum atomic E-state index is 12.8. The van der Waals surface area contributed by atoms with Crippen molar-refractivity contribution in [1.29, 1.82) is 0 Å². The molecule has 0 spiro atoms. The third kappa shape index (κ3) is 3.75. The fourth-order valence-electron chi connectivity index (χ4n) is 3.74. The Morgan fingerprint density at radius 1 is 0.939 bits per heavy atom. The van der Waals surface area contributed by atoms with E-state index in [4.69, 9.17) is 8.83 Å². The van der Waals surface area contributed by atoms with Gasteiger partial charge < -0.3 is 18.7 Å². The number of carbonyl (C=O) groups is 1. The molecule has 0 aliphatic rings. The number of sulfonamides is 1. The number of benzene rings is 3. The largest absolute Gasteiger partial charge is 0.548 e. The summed E-state index contributed by atoms with van der Waals surface area (Å²) in [4.78, 5) is 15.8. The average Bonchev–Trinajstić information content (AvgIpc) is 3.37. The van der Waals surface area contributed by atoms with E-state index in [0.717, 1.165) is 11.1 Å². The van der Waals surface area contributed by atoms with Crippen molar-refractivity contribution >= 4 is 49.0 Å². The molecule has 2 heterocycles. The summed E-state index contributed by atoms with van der Waals surface area (Å²) in [6.07, 6.45) is 0. The van der Waals surface area contributed by atoms with Crippen molar-refractivity contribution in [1.82, 2.24) is 9.71 Å². The zero-order chi connectivity index (χ0) is 23.3. The van der Waals surface area contributed by atoms with Crippen LogP contribution in [-0.2, 0) is 14.8 Å². The number of carboxylic acid groups (broad SMARTS) is 1. The molecule has 5 aromatic rings. The van der Waals surface area contributed by atoms with E-state index in [9.17, 15) is 18.3 Å². The number of carbonyl (C=O) groups excluding carboxylic acids is 1. The lowest BCUT2D eigenvalue weighted by molar-refractivity contribution is -0.309. The Kier molecular flexibility index (Phi) is 4.95. The summed E-state index contributed by atoms with van der Waals surface area (Å²) < 4.78 is 39.6. The normalized spacial score (nSPS) is 13.3. The van der Waals surface area contributed by atoms with Crippen LogP contribution in [0.1, 0.15) is 13.8 Å². The molecule has 0 aliphatic carbocycles. The molecule has 1 N–H and O–H groups in total. The number of fused-ring (bicyclic) bond motifs is 4. The van der Waals surface area contributed by atoms with E-state index in [0.29, 0.717) is 33.4 Å². The van der Waals surface area contributed by atoms with Gasteiger partial charge in [0.05, 0.1) is 16.9 Å². The van der Waals surface area contributed by atoms with E-state index in [-0.39, 0.29) is 4.90 Å². The van der Waals surface area contributed by atoms with E-state index in [1.54, 1.807) is 26.0 Å². The van der Waals surface area contributed by atoms with Gasteiger partial charge in [-0.05, 0) is 54.4 Å². The summed E-state index contributed by atoms with van der Waals surface area (Å²) in [5.74, 6) is -1.50. The van der Waals surface area contributed by atoms with Crippen molar-refractivity contribution in [2.75, 3.05) is 0 Å². The Morgan fingerprint density at radius 2 is 1.73 bits per heavy atom.